The fourth-order valence-electron chi connectivity index (χ4n) is 4.71. The number of hydrogen-bond acceptors (Lipinski definition) is 2. The molecule has 4 N–H and O–H groups in total. The van der Waals surface area contributed by atoms with Crippen molar-refractivity contribution < 1.29 is 9.90 Å². The Morgan fingerprint density at radius 2 is 1.89 bits per heavy atom. The molecule has 3 aromatic carbocycles. The van der Waals surface area contributed by atoms with Crippen LogP contribution in [0.25, 0.3) is 21.8 Å². The lowest BCUT2D eigenvalue weighted by Gasteiger charge is -2.26. The number of phenolic OH excluding ortho intramolecular Hbond substituents is 1. The van der Waals surface area contributed by atoms with E-state index in [0.29, 0.717) is 22.6 Å². The van der Waals surface area contributed by atoms with Gasteiger partial charge in [0.05, 0.1) is 10.9 Å². The number of aromatic nitrogens is 1. The van der Waals surface area contributed by atoms with Crippen LogP contribution in [0.3, 0.4) is 0 Å². The zero-order valence-electron chi connectivity index (χ0n) is 15.5. The summed E-state index contributed by atoms with van der Waals surface area (Å²) in [5.74, 6) is 0.315. The highest BCUT2D eigenvalue weighted by Crippen LogP contribution is 2.42. The van der Waals surface area contributed by atoms with Crippen molar-refractivity contribution in [2.24, 2.45) is 11.7 Å². The van der Waals surface area contributed by atoms with Crippen molar-refractivity contribution in [1.82, 2.24) is 4.98 Å². The van der Waals surface area contributed by atoms with Gasteiger partial charge in [0, 0.05) is 16.5 Å². The van der Waals surface area contributed by atoms with E-state index >= 15 is 0 Å². The first kappa shape index (κ1) is 16.9. The van der Waals surface area contributed by atoms with E-state index in [1.165, 1.54) is 11.1 Å². The summed E-state index contributed by atoms with van der Waals surface area (Å²) in [6.45, 7) is 0. The van der Waals surface area contributed by atoms with E-state index in [9.17, 15) is 9.90 Å². The number of nitrogens with one attached hydrogen (secondary N) is 1. The molecule has 0 fully saturated rings. The molecular weight excluding hydrogens is 348 g/mol. The van der Waals surface area contributed by atoms with Gasteiger partial charge in [-0.2, -0.15) is 0 Å². The van der Waals surface area contributed by atoms with Gasteiger partial charge in [-0.3, -0.25) is 4.79 Å². The molecule has 1 aliphatic carbocycles. The molecule has 0 bridgehead atoms. The highest BCUT2D eigenvalue weighted by Gasteiger charge is 2.25. The number of hydrogen-bond donors (Lipinski definition) is 3. The van der Waals surface area contributed by atoms with Gasteiger partial charge in [0.2, 0.25) is 5.91 Å². The lowest BCUT2D eigenvalue weighted by Crippen LogP contribution is -2.16. The number of nitrogens with two attached hydrogens (primary N) is 1. The van der Waals surface area contributed by atoms with Gasteiger partial charge in [-0.25, -0.2) is 0 Å². The fourth-order valence-corrected chi connectivity index (χ4v) is 4.71. The number of rotatable bonds is 3. The number of aromatic amines is 1. The maximum atomic E-state index is 11.9. The SMILES string of the molecule is NC(=O)c1cccc2[nH]c3cc4c(c(O)c3c12)CC(Cc1ccccc1)CC4. The molecule has 0 aliphatic heterocycles. The number of carbonyl (C=O) groups is 1. The number of phenols is 1. The smallest absolute Gasteiger partial charge is 0.249 e. The van der Waals surface area contributed by atoms with Gasteiger partial charge in [-0.15, -0.1) is 0 Å². The zero-order valence-corrected chi connectivity index (χ0v) is 15.5. The number of amides is 1. The van der Waals surface area contributed by atoms with E-state index in [1.807, 2.05) is 18.2 Å². The highest BCUT2D eigenvalue weighted by molar-refractivity contribution is 6.19. The van der Waals surface area contributed by atoms with Crippen LogP contribution in [0.5, 0.6) is 5.75 Å². The second kappa shape index (κ2) is 6.41. The zero-order chi connectivity index (χ0) is 19.3. The summed E-state index contributed by atoms with van der Waals surface area (Å²) in [4.78, 5) is 15.3. The Bertz CT molecular complexity index is 1210. The molecule has 4 aromatic rings. The third-order valence-electron chi connectivity index (χ3n) is 6.03. The van der Waals surface area contributed by atoms with Gasteiger partial charge in [0.15, 0.2) is 0 Å². The molecule has 4 heteroatoms. The average molecular weight is 370 g/mol. The fraction of sp³-hybridized carbons (Fsp3) is 0.208. The van der Waals surface area contributed by atoms with Crippen LogP contribution in [0, 0.1) is 5.92 Å². The van der Waals surface area contributed by atoms with Gasteiger partial charge >= 0.3 is 0 Å². The summed E-state index contributed by atoms with van der Waals surface area (Å²) in [5.41, 5.74) is 11.3. The Morgan fingerprint density at radius 3 is 2.68 bits per heavy atom. The minimum atomic E-state index is -0.481. The Labute approximate surface area is 163 Å². The first-order valence-corrected chi connectivity index (χ1v) is 9.73. The van der Waals surface area contributed by atoms with Crippen molar-refractivity contribution in [1.29, 1.82) is 0 Å². The summed E-state index contributed by atoms with van der Waals surface area (Å²) < 4.78 is 0. The predicted octanol–water partition coefficient (Wildman–Crippen LogP) is 4.47. The van der Waals surface area contributed by atoms with Crippen LogP contribution in [0.2, 0.25) is 0 Å². The number of benzene rings is 3. The quantitative estimate of drug-likeness (QED) is 0.497. The molecule has 1 aliphatic rings. The van der Waals surface area contributed by atoms with E-state index in [-0.39, 0.29) is 0 Å². The summed E-state index contributed by atoms with van der Waals surface area (Å²) in [6.07, 6.45) is 3.92. The maximum Gasteiger partial charge on any atom is 0.249 e. The van der Waals surface area contributed by atoms with Gasteiger partial charge in [0.25, 0.3) is 0 Å². The van der Waals surface area contributed by atoms with Crippen molar-refractivity contribution in [3.8, 4) is 5.75 Å². The molecule has 28 heavy (non-hydrogen) atoms. The number of primary amides is 1. The second-order valence-corrected chi connectivity index (χ2v) is 7.80. The molecular formula is C24H22N2O2. The Hall–Kier alpha value is -3.27. The van der Waals surface area contributed by atoms with Crippen molar-refractivity contribution in [3.05, 3.63) is 76.9 Å². The molecule has 1 heterocycles. The molecule has 5 rings (SSSR count). The largest absolute Gasteiger partial charge is 0.507 e. The molecule has 0 saturated carbocycles. The van der Waals surface area contributed by atoms with Crippen LogP contribution in [-0.4, -0.2) is 16.0 Å². The average Bonchev–Trinajstić information content (AvgIpc) is 3.08. The Balaban J connectivity index is 1.63. The number of H-pyrrole nitrogens is 1. The van der Waals surface area contributed by atoms with Gasteiger partial charge in [-0.1, -0.05) is 36.4 Å². The Morgan fingerprint density at radius 1 is 1.07 bits per heavy atom. The van der Waals surface area contributed by atoms with Crippen LogP contribution in [0.15, 0.2) is 54.6 Å². The number of aromatic hydroxyl groups is 1. The maximum absolute atomic E-state index is 11.9. The van der Waals surface area contributed by atoms with Crippen LogP contribution in [0.1, 0.15) is 33.5 Å². The number of carbonyl (C=O) groups excluding carboxylic acids is 1. The van der Waals surface area contributed by atoms with Crippen molar-refractivity contribution >= 4 is 27.7 Å². The summed E-state index contributed by atoms with van der Waals surface area (Å²) in [6, 6.07) is 18.1. The third-order valence-corrected chi connectivity index (χ3v) is 6.03. The van der Waals surface area contributed by atoms with E-state index < -0.39 is 5.91 Å². The van der Waals surface area contributed by atoms with E-state index in [2.05, 4.69) is 35.3 Å². The molecule has 0 saturated heterocycles. The molecule has 140 valence electrons. The van der Waals surface area contributed by atoms with Crippen molar-refractivity contribution in [3.63, 3.8) is 0 Å². The summed E-state index contributed by atoms with van der Waals surface area (Å²) in [5, 5.41) is 12.6. The van der Waals surface area contributed by atoms with Crippen LogP contribution >= 0.6 is 0 Å². The number of fused-ring (bicyclic) bond motifs is 4. The van der Waals surface area contributed by atoms with E-state index in [0.717, 1.165) is 47.7 Å². The van der Waals surface area contributed by atoms with Crippen LogP contribution in [-0.2, 0) is 19.3 Å². The molecule has 0 radical (unpaired) electrons. The lowest BCUT2D eigenvalue weighted by molar-refractivity contribution is 0.100. The molecule has 0 spiro atoms. The standard InChI is InChI=1S/C24H22N2O2/c25-24(28)17-7-4-8-19-21(17)22-20(26-19)13-16-10-9-15(12-18(16)23(22)27)11-14-5-2-1-3-6-14/h1-8,13,15,26-27H,9-12H2,(H2,25,28). The molecule has 4 nitrogen and oxygen atoms in total. The van der Waals surface area contributed by atoms with Crippen LogP contribution in [0.4, 0.5) is 0 Å². The summed E-state index contributed by atoms with van der Waals surface area (Å²) in [7, 11) is 0. The second-order valence-electron chi connectivity index (χ2n) is 7.80. The van der Waals surface area contributed by atoms with Gasteiger partial charge < -0.3 is 15.8 Å². The van der Waals surface area contributed by atoms with E-state index in [4.69, 9.17) is 5.73 Å². The minimum Gasteiger partial charge on any atom is -0.507 e. The number of aryl methyl sites for hydroxylation is 1. The minimum absolute atomic E-state index is 0.296. The first-order valence-electron chi connectivity index (χ1n) is 9.73. The first-order chi connectivity index (χ1) is 13.6. The molecule has 1 unspecified atom stereocenters. The third kappa shape index (κ3) is 2.64. The highest BCUT2D eigenvalue weighted by atomic mass is 16.3. The Kier molecular flexibility index (Phi) is 3.86. The normalized spacial score (nSPS) is 16.4. The topological polar surface area (TPSA) is 79.1 Å². The van der Waals surface area contributed by atoms with Crippen LogP contribution < -0.4 is 5.73 Å². The van der Waals surface area contributed by atoms with E-state index in [1.54, 1.807) is 6.07 Å². The lowest BCUT2D eigenvalue weighted by atomic mass is 9.79. The predicted molar refractivity (Wildman–Crippen MR) is 112 cm³/mol. The van der Waals surface area contributed by atoms with Gasteiger partial charge in [0.1, 0.15) is 5.75 Å². The molecule has 1 atom stereocenters. The molecule has 1 amide bonds. The molecule has 1 aromatic heterocycles. The van der Waals surface area contributed by atoms with Crippen molar-refractivity contribution in [2.75, 3.05) is 0 Å². The monoisotopic (exact) mass is 370 g/mol. The summed E-state index contributed by atoms with van der Waals surface area (Å²) >= 11 is 0. The van der Waals surface area contributed by atoms with Crippen molar-refractivity contribution in [2.45, 2.75) is 25.7 Å². The van der Waals surface area contributed by atoms with Gasteiger partial charge in [-0.05, 0) is 66.5 Å².